The molecule has 1 aliphatic heterocycles. The summed E-state index contributed by atoms with van der Waals surface area (Å²) < 4.78 is 5.42. The van der Waals surface area contributed by atoms with Crippen LogP contribution in [0.5, 0.6) is 0 Å². The molecule has 1 fully saturated rings. The van der Waals surface area contributed by atoms with Crippen molar-refractivity contribution in [3.8, 4) is 0 Å². The van der Waals surface area contributed by atoms with E-state index in [4.69, 9.17) is 4.52 Å². The molecule has 1 saturated heterocycles. The highest BCUT2D eigenvalue weighted by molar-refractivity contribution is 5.94. The first-order valence-corrected chi connectivity index (χ1v) is 10.7. The second-order valence-electron chi connectivity index (χ2n) is 8.02. The molecule has 0 bridgehead atoms. The lowest BCUT2D eigenvalue weighted by atomic mass is 9.96. The van der Waals surface area contributed by atoms with Crippen LogP contribution in [0.4, 0.5) is 17.5 Å². The van der Waals surface area contributed by atoms with Crippen LogP contribution >= 0.6 is 0 Å². The van der Waals surface area contributed by atoms with Gasteiger partial charge in [-0.15, -0.1) is 0 Å². The molecule has 2 aliphatic rings. The highest BCUT2D eigenvalue weighted by atomic mass is 16.5. The standard InChI is InChI=1S/C22H25N7O2/c1-15-6-7-23-18(12-15)26-19-13-20(25-14-24-19)28-8-10-29(11-9-28)22(30)21-16-4-2-3-5-17(16)31-27-21/h6-7,12-14H,2-5,8-11H2,1H3,(H,23,24,25,26). The van der Waals surface area contributed by atoms with Gasteiger partial charge in [0.25, 0.3) is 5.91 Å². The summed E-state index contributed by atoms with van der Waals surface area (Å²) in [6.07, 6.45) is 7.27. The predicted molar refractivity (Wildman–Crippen MR) is 116 cm³/mol. The van der Waals surface area contributed by atoms with E-state index in [1.807, 2.05) is 30.0 Å². The molecule has 160 valence electrons. The Bertz CT molecular complexity index is 1090. The number of carbonyl (C=O) groups excluding carboxylic acids is 1. The zero-order chi connectivity index (χ0) is 21.2. The van der Waals surface area contributed by atoms with Crippen LogP contribution in [-0.4, -0.2) is 57.1 Å². The molecule has 0 spiro atoms. The normalized spacial score (nSPS) is 16.2. The van der Waals surface area contributed by atoms with Crippen LogP contribution in [0.3, 0.4) is 0 Å². The highest BCUT2D eigenvalue weighted by Gasteiger charge is 2.29. The van der Waals surface area contributed by atoms with E-state index in [1.54, 1.807) is 12.5 Å². The van der Waals surface area contributed by atoms with E-state index in [9.17, 15) is 4.79 Å². The van der Waals surface area contributed by atoms with Crippen LogP contribution in [0.15, 0.2) is 35.2 Å². The highest BCUT2D eigenvalue weighted by Crippen LogP contribution is 2.26. The van der Waals surface area contributed by atoms with Crippen LogP contribution in [0.1, 0.15) is 40.2 Å². The Morgan fingerprint density at radius 1 is 1.03 bits per heavy atom. The zero-order valence-electron chi connectivity index (χ0n) is 17.5. The lowest BCUT2D eigenvalue weighted by molar-refractivity contribution is 0.0735. The van der Waals surface area contributed by atoms with Crippen LogP contribution < -0.4 is 10.2 Å². The minimum Gasteiger partial charge on any atom is -0.360 e. The SMILES string of the molecule is Cc1ccnc(Nc2cc(N3CCN(C(=O)c4noc5c4CCCC5)CC3)ncn2)c1. The molecule has 0 atom stereocenters. The van der Waals surface area contributed by atoms with Gasteiger partial charge >= 0.3 is 0 Å². The van der Waals surface area contributed by atoms with Gasteiger partial charge in [-0.3, -0.25) is 4.79 Å². The van der Waals surface area contributed by atoms with Crippen LogP contribution in [-0.2, 0) is 12.8 Å². The van der Waals surface area contributed by atoms with Crippen molar-refractivity contribution in [1.82, 2.24) is 25.0 Å². The molecular formula is C22H25N7O2. The summed E-state index contributed by atoms with van der Waals surface area (Å²) in [4.78, 5) is 30.1. The van der Waals surface area contributed by atoms with E-state index < -0.39 is 0 Å². The number of hydrogen-bond donors (Lipinski definition) is 1. The van der Waals surface area contributed by atoms with Gasteiger partial charge in [0, 0.05) is 50.4 Å². The Morgan fingerprint density at radius 2 is 1.84 bits per heavy atom. The van der Waals surface area contributed by atoms with Gasteiger partial charge < -0.3 is 19.6 Å². The van der Waals surface area contributed by atoms with Crippen LogP contribution in [0, 0.1) is 6.92 Å². The van der Waals surface area contributed by atoms with E-state index >= 15 is 0 Å². The summed E-state index contributed by atoms with van der Waals surface area (Å²) >= 11 is 0. The smallest absolute Gasteiger partial charge is 0.276 e. The second-order valence-corrected chi connectivity index (χ2v) is 8.02. The van der Waals surface area contributed by atoms with Crippen molar-refractivity contribution in [1.29, 1.82) is 0 Å². The van der Waals surface area contributed by atoms with E-state index in [1.165, 1.54) is 0 Å². The van der Waals surface area contributed by atoms with Crippen molar-refractivity contribution in [3.63, 3.8) is 0 Å². The molecule has 1 N–H and O–H groups in total. The number of fused-ring (bicyclic) bond motifs is 1. The molecule has 0 radical (unpaired) electrons. The maximum atomic E-state index is 13.0. The molecule has 31 heavy (non-hydrogen) atoms. The van der Waals surface area contributed by atoms with Gasteiger partial charge in [-0.25, -0.2) is 15.0 Å². The van der Waals surface area contributed by atoms with Gasteiger partial charge in [-0.05, 0) is 43.9 Å². The van der Waals surface area contributed by atoms with E-state index in [0.29, 0.717) is 37.7 Å². The molecule has 0 aromatic carbocycles. The monoisotopic (exact) mass is 419 g/mol. The number of carbonyl (C=O) groups is 1. The van der Waals surface area contributed by atoms with Crippen molar-refractivity contribution in [2.75, 3.05) is 36.4 Å². The quantitative estimate of drug-likeness (QED) is 0.689. The fraction of sp³-hybridized carbons (Fsp3) is 0.409. The Kier molecular flexibility index (Phi) is 5.23. The zero-order valence-corrected chi connectivity index (χ0v) is 17.5. The summed E-state index contributed by atoms with van der Waals surface area (Å²) in [6, 6.07) is 5.83. The van der Waals surface area contributed by atoms with Crippen LogP contribution in [0.25, 0.3) is 0 Å². The number of amides is 1. The first-order valence-electron chi connectivity index (χ1n) is 10.7. The number of aryl methyl sites for hydroxylation is 2. The largest absolute Gasteiger partial charge is 0.360 e. The number of hydrogen-bond acceptors (Lipinski definition) is 8. The first-order chi connectivity index (χ1) is 15.2. The fourth-order valence-corrected chi connectivity index (χ4v) is 4.17. The molecule has 4 heterocycles. The predicted octanol–water partition coefficient (Wildman–Crippen LogP) is 2.75. The number of aromatic nitrogens is 4. The topological polar surface area (TPSA) is 100 Å². The average molecular weight is 419 g/mol. The first kappa shape index (κ1) is 19.5. The van der Waals surface area contributed by atoms with Gasteiger partial charge in [0.1, 0.15) is 29.5 Å². The van der Waals surface area contributed by atoms with Gasteiger partial charge in [0.15, 0.2) is 5.69 Å². The third-order valence-corrected chi connectivity index (χ3v) is 5.87. The van der Waals surface area contributed by atoms with Crippen LogP contribution in [0.2, 0.25) is 0 Å². The summed E-state index contributed by atoms with van der Waals surface area (Å²) in [6.45, 7) is 4.66. The average Bonchev–Trinajstić information content (AvgIpc) is 3.23. The lowest BCUT2D eigenvalue weighted by Crippen LogP contribution is -2.49. The molecule has 9 heteroatoms. The number of rotatable bonds is 4. The van der Waals surface area contributed by atoms with Gasteiger partial charge in [-0.1, -0.05) is 5.16 Å². The van der Waals surface area contributed by atoms with Crippen molar-refractivity contribution >= 4 is 23.4 Å². The molecule has 9 nitrogen and oxygen atoms in total. The Labute approximate surface area is 180 Å². The molecule has 5 rings (SSSR count). The lowest BCUT2D eigenvalue weighted by Gasteiger charge is -2.35. The summed E-state index contributed by atoms with van der Waals surface area (Å²) in [5.41, 5.74) is 2.64. The van der Waals surface area contributed by atoms with Gasteiger partial charge in [0.2, 0.25) is 0 Å². The molecular weight excluding hydrogens is 394 g/mol. The minimum atomic E-state index is -0.0258. The van der Waals surface area contributed by atoms with Crippen molar-refractivity contribution in [2.24, 2.45) is 0 Å². The minimum absolute atomic E-state index is 0.0258. The Hall–Kier alpha value is -3.49. The van der Waals surface area contributed by atoms with Crippen molar-refractivity contribution in [3.05, 3.63) is 53.3 Å². The molecule has 3 aromatic heterocycles. The number of nitrogens with zero attached hydrogens (tertiary/aromatic N) is 6. The fourth-order valence-electron chi connectivity index (χ4n) is 4.17. The van der Waals surface area contributed by atoms with Crippen molar-refractivity contribution < 1.29 is 9.32 Å². The van der Waals surface area contributed by atoms with Gasteiger partial charge in [-0.2, -0.15) is 0 Å². The molecule has 1 aliphatic carbocycles. The summed E-state index contributed by atoms with van der Waals surface area (Å²) in [7, 11) is 0. The summed E-state index contributed by atoms with van der Waals surface area (Å²) in [5, 5.41) is 7.32. The molecule has 1 amide bonds. The number of piperazine rings is 1. The van der Waals surface area contributed by atoms with E-state index in [0.717, 1.165) is 54.2 Å². The number of nitrogens with one attached hydrogen (secondary N) is 1. The van der Waals surface area contributed by atoms with E-state index in [2.05, 4.69) is 30.3 Å². The number of anilines is 3. The second kappa shape index (κ2) is 8.33. The maximum Gasteiger partial charge on any atom is 0.276 e. The maximum absolute atomic E-state index is 13.0. The third-order valence-electron chi connectivity index (χ3n) is 5.87. The van der Waals surface area contributed by atoms with Gasteiger partial charge in [0.05, 0.1) is 0 Å². The molecule has 3 aromatic rings. The third kappa shape index (κ3) is 4.08. The Morgan fingerprint density at radius 3 is 2.68 bits per heavy atom. The Balaban J connectivity index is 1.23. The molecule has 0 saturated carbocycles. The van der Waals surface area contributed by atoms with E-state index in [-0.39, 0.29) is 5.91 Å². The molecule has 0 unspecified atom stereocenters. The summed E-state index contributed by atoms with van der Waals surface area (Å²) in [5.74, 6) is 3.13. The number of pyridine rings is 1. The van der Waals surface area contributed by atoms with Crippen molar-refractivity contribution in [2.45, 2.75) is 32.6 Å².